The van der Waals surface area contributed by atoms with E-state index in [1.165, 1.54) is 11.6 Å². The molecule has 4 rings (SSSR count). The highest BCUT2D eigenvalue weighted by Crippen LogP contribution is 2.25. The van der Waals surface area contributed by atoms with E-state index in [-0.39, 0.29) is 5.91 Å². The number of ether oxygens (including phenoxy) is 1. The minimum atomic E-state index is -0.186. The molecule has 2 N–H and O–H groups in total. The van der Waals surface area contributed by atoms with Gasteiger partial charge < -0.3 is 10.1 Å². The van der Waals surface area contributed by atoms with Crippen LogP contribution in [0.4, 0.5) is 5.69 Å². The Kier molecular flexibility index (Phi) is 6.32. The number of amides is 1. The molecule has 7 heteroatoms. The molecule has 154 valence electrons. The highest BCUT2D eigenvalue weighted by Gasteiger charge is 2.11. The Morgan fingerprint density at radius 2 is 2.00 bits per heavy atom. The van der Waals surface area contributed by atoms with E-state index < -0.39 is 0 Å². The van der Waals surface area contributed by atoms with Gasteiger partial charge in [-0.05, 0) is 42.3 Å². The summed E-state index contributed by atoms with van der Waals surface area (Å²) in [5, 5.41) is 9.95. The molecular weight excluding hydrogens is 378 g/mol. The lowest BCUT2D eigenvalue weighted by Crippen LogP contribution is -2.35. The Labute approximate surface area is 175 Å². The smallest absolute Gasteiger partial charge is 0.248 e. The lowest BCUT2D eigenvalue weighted by Gasteiger charge is -2.26. The number of aryl methyl sites for hydroxylation is 1. The highest BCUT2D eigenvalue weighted by molar-refractivity contribution is 6.02. The zero-order valence-electron chi connectivity index (χ0n) is 17.0. The van der Waals surface area contributed by atoms with E-state index in [4.69, 9.17) is 4.74 Å². The number of aromatic amines is 1. The molecule has 1 saturated heterocycles. The summed E-state index contributed by atoms with van der Waals surface area (Å²) in [6.45, 7) is 6.33. The predicted octanol–water partition coefficient (Wildman–Crippen LogP) is 3.26. The van der Waals surface area contributed by atoms with Crippen molar-refractivity contribution in [2.24, 2.45) is 0 Å². The third-order valence-electron chi connectivity index (χ3n) is 5.12. The Morgan fingerprint density at radius 3 is 2.73 bits per heavy atom. The molecule has 0 unspecified atom stereocenters. The number of nitrogens with zero attached hydrogens (tertiary/aromatic N) is 3. The van der Waals surface area contributed by atoms with E-state index >= 15 is 0 Å². The first kappa shape index (κ1) is 20.0. The van der Waals surface area contributed by atoms with Crippen molar-refractivity contribution in [1.29, 1.82) is 0 Å². The number of hydrogen-bond donors (Lipinski definition) is 2. The number of H-pyrrole nitrogens is 1. The summed E-state index contributed by atoms with van der Waals surface area (Å²) in [6, 6.07) is 9.89. The number of pyridine rings is 1. The predicted molar refractivity (Wildman–Crippen MR) is 117 cm³/mol. The molecule has 0 aliphatic carbocycles. The number of rotatable bonds is 6. The van der Waals surface area contributed by atoms with Crippen LogP contribution in [0.2, 0.25) is 0 Å². The van der Waals surface area contributed by atoms with Gasteiger partial charge in [0.1, 0.15) is 0 Å². The van der Waals surface area contributed by atoms with E-state index in [1.54, 1.807) is 18.5 Å². The van der Waals surface area contributed by atoms with Crippen LogP contribution in [-0.2, 0) is 16.1 Å². The van der Waals surface area contributed by atoms with Crippen LogP contribution in [0, 0.1) is 6.92 Å². The summed E-state index contributed by atoms with van der Waals surface area (Å²) in [4.78, 5) is 18.9. The van der Waals surface area contributed by atoms with Crippen molar-refractivity contribution in [2.75, 3.05) is 31.6 Å². The number of carbonyl (C=O) groups excluding carboxylic acids is 1. The first-order chi connectivity index (χ1) is 14.7. The molecule has 0 radical (unpaired) electrons. The number of nitrogens with one attached hydrogen (secondary N) is 2. The molecule has 7 nitrogen and oxygen atoms in total. The molecule has 30 heavy (non-hydrogen) atoms. The van der Waals surface area contributed by atoms with E-state index in [2.05, 4.69) is 37.5 Å². The quantitative estimate of drug-likeness (QED) is 0.617. The third kappa shape index (κ3) is 5.00. The average Bonchev–Trinajstić information content (AvgIpc) is 3.20. The van der Waals surface area contributed by atoms with Crippen molar-refractivity contribution in [3.8, 4) is 11.1 Å². The molecule has 1 amide bonds. The second-order valence-corrected chi connectivity index (χ2v) is 7.26. The Bertz CT molecular complexity index is 1020. The molecule has 0 bridgehead atoms. The maximum Gasteiger partial charge on any atom is 0.248 e. The van der Waals surface area contributed by atoms with E-state index in [0.717, 1.165) is 60.9 Å². The van der Waals surface area contributed by atoms with Crippen LogP contribution in [0.5, 0.6) is 0 Å². The van der Waals surface area contributed by atoms with Gasteiger partial charge in [-0.2, -0.15) is 5.10 Å². The normalized spacial score (nSPS) is 14.8. The molecule has 2 aromatic heterocycles. The van der Waals surface area contributed by atoms with Crippen LogP contribution in [0.15, 0.2) is 55.0 Å². The van der Waals surface area contributed by atoms with Gasteiger partial charge in [0.25, 0.3) is 0 Å². The lowest BCUT2D eigenvalue weighted by atomic mass is 10.0. The molecule has 0 atom stereocenters. The summed E-state index contributed by atoms with van der Waals surface area (Å²) in [6.07, 6.45) is 8.62. The van der Waals surface area contributed by atoms with Crippen LogP contribution in [0.1, 0.15) is 16.8 Å². The zero-order chi connectivity index (χ0) is 20.8. The maximum atomic E-state index is 12.4. The van der Waals surface area contributed by atoms with Gasteiger partial charge in [-0.25, -0.2) is 0 Å². The molecule has 1 aliphatic heterocycles. The summed E-state index contributed by atoms with van der Waals surface area (Å²) < 4.78 is 5.39. The van der Waals surface area contributed by atoms with Crippen LogP contribution in [-0.4, -0.2) is 52.3 Å². The fourth-order valence-corrected chi connectivity index (χ4v) is 3.48. The van der Waals surface area contributed by atoms with Gasteiger partial charge in [0.15, 0.2) is 0 Å². The Hall–Kier alpha value is -3.29. The molecule has 0 saturated carbocycles. The van der Waals surface area contributed by atoms with E-state index in [0.29, 0.717) is 0 Å². The Balaban J connectivity index is 1.38. The molecule has 1 aromatic carbocycles. The van der Waals surface area contributed by atoms with Crippen molar-refractivity contribution in [3.63, 3.8) is 0 Å². The fourth-order valence-electron chi connectivity index (χ4n) is 3.48. The molecule has 1 aliphatic rings. The second kappa shape index (κ2) is 9.47. The lowest BCUT2D eigenvalue weighted by molar-refractivity contribution is -0.111. The number of carbonyl (C=O) groups is 1. The number of hydrogen-bond acceptors (Lipinski definition) is 5. The van der Waals surface area contributed by atoms with Crippen molar-refractivity contribution in [2.45, 2.75) is 13.5 Å². The van der Waals surface area contributed by atoms with Crippen molar-refractivity contribution >= 4 is 17.7 Å². The number of morpholine rings is 1. The molecular formula is C23H25N5O2. The molecule has 1 fully saturated rings. The molecule has 3 aromatic rings. The van der Waals surface area contributed by atoms with Gasteiger partial charge in [-0.3, -0.25) is 19.8 Å². The highest BCUT2D eigenvalue weighted by atomic mass is 16.5. The van der Waals surface area contributed by atoms with Gasteiger partial charge in [0, 0.05) is 61.1 Å². The van der Waals surface area contributed by atoms with Gasteiger partial charge >= 0.3 is 0 Å². The van der Waals surface area contributed by atoms with Crippen molar-refractivity contribution in [3.05, 3.63) is 71.8 Å². The van der Waals surface area contributed by atoms with Gasteiger partial charge in [-0.1, -0.05) is 12.1 Å². The van der Waals surface area contributed by atoms with Crippen LogP contribution < -0.4 is 5.32 Å². The minimum Gasteiger partial charge on any atom is -0.379 e. The minimum absolute atomic E-state index is 0.186. The first-order valence-electron chi connectivity index (χ1n) is 10.0. The van der Waals surface area contributed by atoms with Crippen LogP contribution >= 0.6 is 0 Å². The SMILES string of the molecule is Cc1n[nH]cc1-c1ccncc1C=CC(=O)Nc1ccc(CN2CCOCC2)cc1. The second-order valence-electron chi connectivity index (χ2n) is 7.26. The van der Waals surface area contributed by atoms with Crippen molar-refractivity contribution in [1.82, 2.24) is 20.1 Å². The summed E-state index contributed by atoms with van der Waals surface area (Å²) in [7, 11) is 0. The van der Waals surface area contributed by atoms with Gasteiger partial charge in [0.05, 0.1) is 18.9 Å². The number of anilines is 1. The first-order valence-corrected chi connectivity index (χ1v) is 10.0. The zero-order valence-corrected chi connectivity index (χ0v) is 17.0. The third-order valence-corrected chi connectivity index (χ3v) is 5.12. The van der Waals surface area contributed by atoms with E-state index in [9.17, 15) is 4.79 Å². The largest absolute Gasteiger partial charge is 0.379 e. The summed E-state index contributed by atoms with van der Waals surface area (Å²) in [5.41, 5.74) is 5.73. The van der Waals surface area contributed by atoms with Crippen molar-refractivity contribution < 1.29 is 9.53 Å². The summed E-state index contributed by atoms with van der Waals surface area (Å²) in [5.74, 6) is -0.186. The molecule has 3 heterocycles. The topological polar surface area (TPSA) is 83.1 Å². The van der Waals surface area contributed by atoms with Crippen LogP contribution in [0.3, 0.4) is 0 Å². The van der Waals surface area contributed by atoms with Gasteiger partial charge in [-0.15, -0.1) is 0 Å². The fraction of sp³-hybridized carbons (Fsp3) is 0.261. The average molecular weight is 403 g/mol. The van der Waals surface area contributed by atoms with E-state index in [1.807, 2.05) is 31.3 Å². The monoisotopic (exact) mass is 403 g/mol. The number of benzene rings is 1. The van der Waals surface area contributed by atoms with Gasteiger partial charge in [0.2, 0.25) is 5.91 Å². The standard InChI is InChI=1S/C23H25N5O2/c1-17-22(15-25-27-17)21-8-9-24-14-19(21)4-7-23(29)26-20-5-2-18(3-6-20)16-28-10-12-30-13-11-28/h2-9,14-15H,10-13,16H2,1H3,(H,25,27)(H,26,29). The number of aromatic nitrogens is 3. The maximum absolute atomic E-state index is 12.4. The van der Waals surface area contributed by atoms with Crippen LogP contribution in [0.25, 0.3) is 17.2 Å². The Morgan fingerprint density at radius 1 is 1.20 bits per heavy atom. The summed E-state index contributed by atoms with van der Waals surface area (Å²) >= 11 is 0. The molecule has 0 spiro atoms.